The van der Waals surface area contributed by atoms with Crippen molar-refractivity contribution in [2.45, 2.75) is 12.5 Å². The number of hydrogen-bond acceptors (Lipinski definition) is 3. The predicted octanol–water partition coefficient (Wildman–Crippen LogP) is 1.48. The Labute approximate surface area is 98.7 Å². The molecule has 0 fully saturated rings. The first kappa shape index (κ1) is 11.4. The molecule has 1 atom stereocenters. The van der Waals surface area contributed by atoms with Gasteiger partial charge >= 0.3 is 0 Å². The lowest BCUT2D eigenvalue weighted by Crippen LogP contribution is -2.16. The second-order valence-corrected chi connectivity index (χ2v) is 4.23. The van der Waals surface area contributed by atoms with Crippen LogP contribution in [0.1, 0.15) is 17.2 Å². The van der Waals surface area contributed by atoms with Gasteiger partial charge in [-0.25, -0.2) is 0 Å². The molecule has 0 aliphatic carbocycles. The summed E-state index contributed by atoms with van der Waals surface area (Å²) in [7, 11) is 1.60. The molecule has 1 amide bonds. The van der Waals surface area contributed by atoms with Gasteiger partial charge in [0.15, 0.2) is 0 Å². The summed E-state index contributed by atoms with van der Waals surface area (Å²) >= 11 is 6.07. The molecule has 16 heavy (non-hydrogen) atoms. The smallest absolute Gasteiger partial charge is 0.228 e. The van der Waals surface area contributed by atoms with Crippen molar-refractivity contribution in [1.82, 2.24) is 0 Å². The van der Waals surface area contributed by atoms with Crippen LogP contribution >= 0.6 is 11.6 Å². The third kappa shape index (κ3) is 2.04. The number of carbonyl (C=O) groups is 1. The van der Waals surface area contributed by atoms with Crippen LogP contribution in [0.4, 0.5) is 5.69 Å². The van der Waals surface area contributed by atoms with Crippen molar-refractivity contribution in [3.05, 3.63) is 28.3 Å². The highest BCUT2D eigenvalue weighted by Gasteiger charge is 2.22. The second-order valence-electron chi connectivity index (χ2n) is 3.82. The number of methoxy groups -OCH3 is 1. The number of hydrogen-bond donors (Lipinski definition) is 2. The van der Waals surface area contributed by atoms with E-state index in [1.807, 2.05) is 6.07 Å². The van der Waals surface area contributed by atoms with E-state index in [4.69, 9.17) is 22.1 Å². The highest BCUT2D eigenvalue weighted by Crippen LogP contribution is 2.33. The molecule has 0 bridgehead atoms. The number of nitrogens with two attached hydrogens (primary N) is 1. The van der Waals surface area contributed by atoms with Crippen LogP contribution in [0.25, 0.3) is 0 Å². The maximum absolute atomic E-state index is 11.2. The maximum atomic E-state index is 11.2. The number of anilines is 1. The first-order valence-electron chi connectivity index (χ1n) is 4.98. The summed E-state index contributed by atoms with van der Waals surface area (Å²) in [6.07, 6.45) is 0.364. The highest BCUT2D eigenvalue weighted by atomic mass is 35.5. The van der Waals surface area contributed by atoms with Gasteiger partial charge in [-0.15, -0.1) is 0 Å². The Kier molecular flexibility index (Phi) is 3.14. The summed E-state index contributed by atoms with van der Waals surface area (Å²) in [5, 5.41) is 3.25. The molecule has 4 nitrogen and oxygen atoms in total. The highest BCUT2D eigenvalue weighted by molar-refractivity contribution is 6.34. The number of fused-ring (bicyclic) bond motifs is 1. The van der Waals surface area contributed by atoms with Crippen LogP contribution < -0.4 is 11.1 Å². The molecule has 1 unspecified atom stereocenters. The average molecular weight is 241 g/mol. The van der Waals surface area contributed by atoms with Crippen LogP contribution in [0.3, 0.4) is 0 Å². The molecule has 1 heterocycles. The number of nitrogens with one attached hydrogen (secondary N) is 1. The molecular formula is C11H13ClN2O2. The zero-order valence-electron chi connectivity index (χ0n) is 8.92. The van der Waals surface area contributed by atoms with Gasteiger partial charge in [-0.2, -0.15) is 0 Å². The van der Waals surface area contributed by atoms with Gasteiger partial charge in [0, 0.05) is 7.11 Å². The summed E-state index contributed by atoms with van der Waals surface area (Å²) in [6.45, 7) is 0.427. The minimum atomic E-state index is -0.219. The fraction of sp³-hybridized carbons (Fsp3) is 0.364. The fourth-order valence-electron chi connectivity index (χ4n) is 1.81. The van der Waals surface area contributed by atoms with Crippen molar-refractivity contribution in [3.63, 3.8) is 0 Å². The van der Waals surface area contributed by atoms with E-state index in [-0.39, 0.29) is 11.9 Å². The Balaban J connectivity index is 2.34. The van der Waals surface area contributed by atoms with E-state index < -0.39 is 0 Å². The van der Waals surface area contributed by atoms with Crippen molar-refractivity contribution in [2.24, 2.45) is 5.73 Å². The molecule has 2 rings (SSSR count). The quantitative estimate of drug-likeness (QED) is 0.841. The third-order valence-corrected chi connectivity index (χ3v) is 2.88. The molecule has 3 N–H and O–H groups in total. The average Bonchev–Trinajstić information content (AvgIpc) is 2.59. The number of carbonyl (C=O) groups excluding carboxylic acids is 1. The van der Waals surface area contributed by atoms with E-state index >= 15 is 0 Å². The standard InChI is InChI=1S/C11H13ClN2O2/c1-16-5-9(13)6-2-7-4-10(15)14-11(7)8(12)3-6/h2-3,9H,4-5,13H2,1H3,(H,14,15). The minimum Gasteiger partial charge on any atom is -0.383 e. The van der Waals surface area contributed by atoms with E-state index in [2.05, 4.69) is 5.32 Å². The Morgan fingerprint density at radius 2 is 2.38 bits per heavy atom. The summed E-state index contributed by atoms with van der Waals surface area (Å²) in [4.78, 5) is 11.2. The molecule has 1 aromatic carbocycles. The van der Waals surface area contributed by atoms with E-state index in [1.165, 1.54) is 0 Å². The van der Waals surface area contributed by atoms with Gasteiger partial charge in [0.25, 0.3) is 0 Å². The number of benzene rings is 1. The largest absolute Gasteiger partial charge is 0.383 e. The van der Waals surface area contributed by atoms with Crippen molar-refractivity contribution in [3.8, 4) is 0 Å². The molecule has 5 heteroatoms. The summed E-state index contributed by atoms with van der Waals surface area (Å²) in [6, 6.07) is 3.46. The van der Waals surface area contributed by atoms with Gasteiger partial charge in [0.1, 0.15) is 0 Å². The number of rotatable bonds is 3. The SMILES string of the molecule is COCC(N)c1cc(Cl)c2c(c1)CC(=O)N2. The summed E-state index contributed by atoms with van der Waals surface area (Å²) in [5.74, 6) is -0.0330. The van der Waals surface area contributed by atoms with E-state index in [0.717, 1.165) is 11.1 Å². The van der Waals surface area contributed by atoms with Crippen LogP contribution in [0, 0.1) is 0 Å². The minimum absolute atomic E-state index is 0.0330. The molecule has 1 aliphatic heterocycles. The Morgan fingerprint density at radius 1 is 1.62 bits per heavy atom. The van der Waals surface area contributed by atoms with Gasteiger partial charge in [0.05, 0.1) is 29.8 Å². The summed E-state index contributed by atoms with van der Waals surface area (Å²) < 4.78 is 4.99. The number of amides is 1. The van der Waals surface area contributed by atoms with Gasteiger partial charge < -0.3 is 15.8 Å². The predicted molar refractivity (Wildman–Crippen MR) is 62.6 cm³/mol. The zero-order chi connectivity index (χ0) is 11.7. The Morgan fingerprint density at radius 3 is 3.06 bits per heavy atom. The molecule has 1 aliphatic rings. The molecule has 0 radical (unpaired) electrons. The van der Waals surface area contributed by atoms with E-state index in [0.29, 0.717) is 23.7 Å². The zero-order valence-corrected chi connectivity index (χ0v) is 9.67. The Hall–Kier alpha value is -1.10. The van der Waals surface area contributed by atoms with E-state index in [9.17, 15) is 4.79 Å². The van der Waals surface area contributed by atoms with Crippen molar-refractivity contribution >= 4 is 23.2 Å². The van der Waals surface area contributed by atoms with Gasteiger partial charge in [-0.1, -0.05) is 17.7 Å². The number of halogens is 1. The molecule has 0 spiro atoms. The van der Waals surface area contributed by atoms with Crippen molar-refractivity contribution in [1.29, 1.82) is 0 Å². The lowest BCUT2D eigenvalue weighted by molar-refractivity contribution is -0.115. The first-order valence-corrected chi connectivity index (χ1v) is 5.36. The Bertz CT molecular complexity index is 434. The van der Waals surface area contributed by atoms with Crippen LogP contribution in [0.5, 0.6) is 0 Å². The third-order valence-electron chi connectivity index (χ3n) is 2.58. The first-order chi connectivity index (χ1) is 7.61. The van der Waals surface area contributed by atoms with Crippen molar-refractivity contribution < 1.29 is 9.53 Å². The van der Waals surface area contributed by atoms with E-state index in [1.54, 1.807) is 13.2 Å². The lowest BCUT2D eigenvalue weighted by Gasteiger charge is -2.13. The van der Waals surface area contributed by atoms with Crippen LogP contribution in [0.15, 0.2) is 12.1 Å². The lowest BCUT2D eigenvalue weighted by atomic mass is 10.0. The van der Waals surface area contributed by atoms with Crippen LogP contribution in [-0.2, 0) is 16.0 Å². The van der Waals surface area contributed by atoms with Gasteiger partial charge in [0.2, 0.25) is 5.91 Å². The molecule has 86 valence electrons. The molecular weight excluding hydrogens is 228 g/mol. The maximum Gasteiger partial charge on any atom is 0.228 e. The fourth-order valence-corrected chi connectivity index (χ4v) is 2.11. The monoisotopic (exact) mass is 240 g/mol. The van der Waals surface area contributed by atoms with Gasteiger partial charge in [-0.3, -0.25) is 4.79 Å². The molecule has 0 saturated carbocycles. The molecule has 0 saturated heterocycles. The molecule has 1 aromatic rings. The number of ether oxygens (including phenoxy) is 1. The second kappa shape index (κ2) is 4.41. The molecule has 0 aromatic heterocycles. The van der Waals surface area contributed by atoms with Crippen LogP contribution in [-0.4, -0.2) is 19.6 Å². The normalized spacial score (nSPS) is 15.8. The summed E-state index contributed by atoms with van der Waals surface area (Å²) in [5.41, 5.74) is 8.42. The van der Waals surface area contributed by atoms with Gasteiger partial charge in [-0.05, 0) is 17.2 Å². The van der Waals surface area contributed by atoms with Crippen LogP contribution in [0.2, 0.25) is 5.02 Å². The van der Waals surface area contributed by atoms with Crippen molar-refractivity contribution in [2.75, 3.05) is 19.0 Å². The topological polar surface area (TPSA) is 64.3 Å².